The third-order valence-electron chi connectivity index (χ3n) is 1.87. The Morgan fingerprint density at radius 3 is 3.13 bits per heavy atom. The van der Waals surface area contributed by atoms with Gasteiger partial charge in [0.15, 0.2) is 0 Å². The number of rotatable bonds is 3. The summed E-state index contributed by atoms with van der Waals surface area (Å²) in [6.07, 6.45) is 4.85. The zero-order valence-corrected chi connectivity index (χ0v) is 7.97. The number of aromatic nitrogens is 3. The fraction of sp³-hybridized carbons (Fsp3) is 0.100. The lowest BCUT2D eigenvalue weighted by atomic mass is 10.3. The number of hydrogen-bond donors (Lipinski definition) is 2. The Morgan fingerprint density at radius 1 is 1.47 bits per heavy atom. The van der Waals surface area contributed by atoms with Crippen molar-refractivity contribution in [2.45, 2.75) is 6.54 Å². The Bertz CT molecular complexity index is 480. The van der Waals surface area contributed by atoms with Crippen molar-refractivity contribution in [3.63, 3.8) is 0 Å². The first-order chi connectivity index (χ1) is 7.34. The van der Waals surface area contributed by atoms with E-state index < -0.39 is 0 Å². The van der Waals surface area contributed by atoms with Gasteiger partial charge in [-0.15, -0.1) is 0 Å². The molecule has 0 atom stereocenters. The van der Waals surface area contributed by atoms with E-state index in [9.17, 15) is 4.79 Å². The van der Waals surface area contributed by atoms with Crippen LogP contribution < -0.4 is 10.9 Å². The smallest absolute Gasteiger partial charge is 0.252 e. The quantitative estimate of drug-likeness (QED) is 0.771. The molecule has 0 aromatic carbocycles. The SMILES string of the molecule is O=c1cc(NCc2cccnc2)nc[nH]1. The second kappa shape index (κ2) is 4.36. The average molecular weight is 202 g/mol. The highest BCUT2D eigenvalue weighted by Crippen LogP contribution is 2.01. The summed E-state index contributed by atoms with van der Waals surface area (Å²) in [5, 5.41) is 3.03. The maximum atomic E-state index is 11.0. The molecule has 0 aliphatic rings. The first kappa shape index (κ1) is 9.39. The predicted molar refractivity (Wildman–Crippen MR) is 56.4 cm³/mol. The topological polar surface area (TPSA) is 70.7 Å². The van der Waals surface area contributed by atoms with Crippen molar-refractivity contribution in [3.05, 3.63) is 52.8 Å². The van der Waals surface area contributed by atoms with Crippen LogP contribution in [0.4, 0.5) is 5.82 Å². The third kappa shape index (κ3) is 2.63. The van der Waals surface area contributed by atoms with Crippen LogP contribution in [0.25, 0.3) is 0 Å². The minimum absolute atomic E-state index is 0.168. The second-order valence-corrected chi connectivity index (χ2v) is 3.01. The Balaban J connectivity index is 2.02. The fourth-order valence-electron chi connectivity index (χ4n) is 1.16. The third-order valence-corrected chi connectivity index (χ3v) is 1.87. The van der Waals surface area contributed by atoms with Gasteiger partial charge in [0.2, 0.25) is 0 Å². The summed E-state index contributed by atoms with van der Waals surface area (Å²) < 4.78 is 0. The summed E-state index contributed by atoms with van der Waals surface area (Å²) in [5.74, 6) is 0.558. The summed E-state index contributed by atoms with van der Waals surface area (Å²) in [4.78, 5) is 21.4. The van der Waals surface area contributed by atoms with Gasteiger partial charge in [0.25, 0.3) is 5.56 Å². The lowest BCUT2D eigenvalue weighted by molar-refractivity contribution is 1.05. The summed E-state index contributed by atoms with van der Waals surface area (Å²) in [5.41, 5.74) is 0.873. The van der Waals surface area contributed by atoms with Crippen LogP contribution in [0.15, 0.2) is 41.7 Å². The molecular formula is C10H10N4O. The van der Waals surface area contributed by atoms with Crippen LogP contribution in [0, 0.1) is 0 Å². The number of anilines is 1. The highest BCUT2D eigenvalue weighted by atomic mass is 16.1. The molecule has 2 rings (SSSR count). The van der Waals surface area contributed by atoms with E-state index in [4.69, 9.17) is 0 Å². The molecule has 0 amide bonds. The van der Waals surface area contributed by atoms with E-state index in [1.165, 1.54) is 12.4 Å². The number of H-pyrrole nitrogens is 1. The van der Waals surface area contributed by atoms with Crippen molar-refractivity contribution in [2.75, 3.05) is 5.32 Å². The molecule has 0 saturated heterocycles. The summed E-state index contributed by atoms with van der Waals surface area (Å²) in [6.45, 7) is 0.601. The number of nitrogens with one attached hydrogen (secondary N) is 2. The molecular weight excluding hydrogens is 192 g/mol. The van der Waals surface area contributed by atoms with Gasteiger partial charge >= 0.3 is 0 Å². The van der Waals surface area contributed by atoms with Crippen LogP contribution in [0.2, 0.25) is 0 Å². The number of hydrogen-bond acceptors (Lipinski definition) is 4. The zero-order valence-electron chi connectivity index (χ0n) is 7.97. The Hall–Kier alpha value is -2.17. The molecule has 0 unspecified atom stereocenters. The first-order valence-electron chi connectivity index (χ1n) is 4.52. The Labute approximate surface area is 86.2 Å². The maximum Gasteiger partial charge on any atom is 0.252 e. The van der Waals surface area contributed by atoms with Gasteiger partial charge in [-0.2, -0.15) is 0 Å². The Kier molecular flexibility index (Phi) is 2.73. The molecule has 0 aliphatic heterocycles. The van der Waals surface area contributed by atoms with E-state index in [-0.39, 0.29) is 5.56 Å². The number of aromatic amines is 1. The van der Waals surface area contributed by atoms with E-state index in [1.54, 1.807) is 12.4 Å². The lowest BCUT2D eigenvalue weighted by Gasteiger charge is -2.03. The van der Waals surface area contributed by atoms with Gasteiger partial charge in [-0.05, 0) is 11.6 Å². The van der Waals surface area contributed by atoms with Crippen molar-refractivity contribution in [3.8, 4) is 0 Å². The Morgan fingerprint density at radius 2 is 2.40 bits per heavy atom. The van der Waals surface area contributed by atoms with Crippen molar-refractivity contribution >= 4 is 5.82 Å². The fourth-order valence-corrected chi connectivity index (χ4v) is 1.16. The minimum Gasteiger partial charge on any atom is -0.366 e. The number of pyridine rings is 1. The molecule has 0 fully saturated rings. The molecule has 0 radical (unpaired) electrons. The van der Waals surface area contributed by atoms with Crippen LogP contribution >= 0.6 is 0 Å². The molecule has 2 aromatic heterocycles. The van der Waals surface area contributed by atoms with Gasteiger partial charge in [-0.3, -0.25) is 9.78 Å². The van der Waals surface area contributed by atoms with Crippen LogP contribution in [-0.4, -0.2) is 15.0 Å². The molecule has 2 aromatic rings. The van der Waals surface area contributed by atoms with Crippen LogP contribution in [-0.2, 0) is 6.54 Å². The van der Waals surface area contributed by atoms with Crippen molar-refractivity contribution in [1.29, 1.82) is 0 Å². The summed E-state index contributed by atoms with van der Waals surface area (Å²) in [6, 6.07) is 5.23. The second-order valence-electron chi connectivity index (χ2n) is 3.01. The van der Waals surface area contributed by atoms with Crippen LogP contribution in [0.1, 0.15) is 5.56 Å². The molecule has 0 aliphatic carbocycles. The molecule has 5 heteroatoms. The zero-order chi connectivity index (χ0) is 10.5. The van der Waals surface area contributed by atoms with E-state index in [0.29, 0.717) is 12.4 Å². The van der Waals surface area contributed by atoms with E-state index in [0.717, 1.165) is 5.56 Å². The summed E-state index contributed by atoms with van der Waals surface area (Å²) >= 11 is 0. The molecule has 0 saturated carbocycles. The lowest BCUT2D eigenvalue weighted by Crippen LogP contribution is -2.08. The van der Waals surface area contributed by atoms with Crippen LogP contribution in [0.5, 0.6) is 0 Å². The monoisotopic (exact) mass is 202 g/mol. The van der Waals surface area contributed by atoms with Crippen molar-refractivity contribution < 1.29 is 0 Å². The minimum atomic E-state index is -0.168. The molecule has 76 valence electrons. The largest absolute Gasteiger partial charge is 0.366 e. The average Bonchev–Trinajstić information content (AvgIpc) is 2.28. The van der Waals surface area contributed by atoms with Gasteiger partial charge in [-0.25, -0.2) is 4.98 Å². The van der Waals surface area contributed by atoms with Crippen molar-refractivity contribution in [1.82, 2.24) is 15.0 Å². The van der Waals surface area contributed by atoms with Gasteiger partial charge in [-0.1, -0.05) is 6.07 Å². The predicted octanol–water partition coefficient (Wildman–Crippen LogP) is 0.777. The molecule has 0 bridgehead atoms. The van der Waals surface area contributed by atoms with Crippen molar-refractivity contribution in [2.24, 2.45) is 0 Å². The normalized spacial score (nSPS) is 9.87. The highest BCUT2D eigenvalue weighted by molar-refractivity contribution is 5.32. The van der Waals surface area contributed by atoms with E-state index >= 15 is 0 Å². The molecule has 15 heavy (non-hydrogen) atoms. The maximum absolute atomic E-state index is 11.0. The van der Waals surface area contributed by atoms with Crippen LogP contribution in [0.3, 0.4) is 0 Å². The van der Waals surface area contributed by atoms with Gasteiger partial charge in [0, 0.05) is 25.0 Å². The first-order valence-corrected chi connectivity index (χ1v) is 4.52. The van der Waals surface area contributed by atoms with Gasteiger partial charge in [0.05, 0.1) is 6.33 Å². The van der Waals surface area contributed by atoms with E-state index in [2.05, 4.69) is 20.3 Å². The highest BCUT2D eigenvalue weighted by Gasteiger charge is 1.95. The standard InChI is InChI=1S/C10H10N4O/c15-10-4-9(13-7-14-10)12-6-8-2-1-3-11-5-8/h1-5,7H,6H2,(H2,12,13,14,15). The molecule has 5 nitrogen and oxygen atoms in total. The van der Waals surface area contributed by atoms with Gasteiger partial charge in [0.1, 0.15) is 5.82 Å². The molecule has 0 spiro atoms. The molecule has 2 heterocycles. The van der Waals surface area contributed by atoms with E-state index in [1.807, 2.05) is 12.1 Å². The number of nitrogens with zero attached hydrogens (tertiary/aromatic N) is 2. The van der Waals surface area contributed by atoms with Gasteiger partial charge < -0.3 is 10.3 Å². The molecule has 2 N–H and O–H groups in total. The summed E-state index contributed by atoms with van der Waals surface area (Å²) in [7, 11) is 0.